The average Bonchev–Trinajstić information content (AvgIpc) is 3.45. The molecule has 2 aromatic heterocycles. The van der Waals surface area contributed by atoms with Crippen LogP contribution in [-0.4, -0.2) is 40.4 Å². The van der Waals surface area contributed by atoms with E-state index in [4.69, 9.17) is 14.5 Å². The van der Waals surface area contributed by atoms with Crippen molar-refractivity contribution in [1.29, 1.82) is 0 Å². The van der Waals surface area contributed by atoms with E-state index in [2.05, 4.69) is 12.0 Å². The molecule has 4 rings (SSSR count). The van der Waals surface area contributed by atoms with E-state index < -0.39 is 0 Å². The second-order valence-corrected chi connectivity index (χ2v) is 9.73. The van der Waals surface area contributed by atoms with Crippen LogP contribution in [0.4, 0.5) is 5.13 Å². The number of thiazole rings is 1. The van der Waals surface area contributed by atoms with E-state index in [-0.39, 0.29) is 5.91 Å². The number of hydrogen-bond acceptors (Lipinski definition) is 6. The minimum Gasteiger partial charge on any atom is -0.494 e. The Morgan fingerprint density at radius 1 is 1.06 bits per heavy atom. The molecule has 190 valence electrons. The lowest BCUT2D eigenvalue weighted by Gasteiger charge is -2.21. The molecule has 0 aliphatic heterocycles. The van der Waals surface area contributed by atoms with Gasteiger partial charge in [0.2, 0.25) is 0 Å². The molecule has 2 aromatic carbocycles. The Morgan fingerprint density at radius 3 is 2.64 bits per heavy atom. The predicted octanol–water partition coefficient (Wildman–Crippen LogP) is 6.42. The molecule has 2 heterocycles. The first kappa shape index (κ1) is 25.7. The molecular formula is C28H34N4O3S. The lowest BCUT2D eigenvalue weighted by Crippen LogP contribution is -2.34. The first-order valence-electron chi connectivity index (χ1n) is 12.6. The molecule has 0 unspecified atom stereocenters. The number of anilines is 1. The summed E-state index contributed by atoms with van der Waals surface area (Å²) in [6, 6.07) is 15.3. The van der Waals surface area contributed by atoms with E-state index in [0.29, 0.717) is 42.7 Å². The molecule has 7 nitrogen and oxygen atoms in total. The summed E-state index contributed by atoms with van der Waals surface area (Å²) in [6.07, 6.45) is 3.26. The van der Waals surface area contributed by atoms with Crippen molar-refractivity contribution >= 4 is 32.6 Å². The van der Waals surface area contributed by atoms with E-state index in [1.807, 2.05) is 74.0 Å². The summed E-state index contributed by atoms with van der Waals surface area (Å²) in [5.41, 5.74) is 3.36. The van der Waals surface area contributed by atoms with Crippen LogP contribution in [0, 0.1) is 13.8 Å². The molecule has 36 heavy (non-hydrogen) atoms. The molecule has 0 N–H and O–H groups in total. The summed E-state index contributed by atoms with van der Waals surface area (Å²) >= 11 is 1.49. The highest BCUT2D eigenvalue weighted by Crippen LogP contribution is 2.35. The van der Waals surface area contributed by atoms with Gasteiger partial charge >= 0.3 is 0 Å². The van der Waals surface area contributed by atoms with Crippen LogP contribution in [0.2, 0.25) is 0 Å². The number of fused-ring (bicyclic) bond motifs is 1. The first-order valence-corrected chi connectivity index (χ1v) is 13.4. The molecule has 8 heteroatoms. The third kappa shape index (κ3) is 6.05. The third-order valence-electron chi connectivity index (χ3n) is 5.88. The van der Waals surface area contributed by atoms with E-state index in [1.54, 1.807) is 4.90 Å². The number of unbranched alkanes of at least 4 members (excludes halogenated alkanes) is 2. The number of rotatable bonds is 12. The Balaban J connectivity index is 1.64. The van der Waals surface area contributed by atoms with Crippen molar-refractivity contribution in [3.05, 3.63) is 65.5 Å². The summed E-state index contributed by atoms with van der Waals surface area (Å²) in [7, 11) is 0. The number of para-hydroxylation sites is 1. The Morgan fingerprint density at radius 2 is 1.89 bits per heavy atom. The highest BCUT2D eigenvalue weighted by atomic mass is 32.1. The van der Waals surface area contributed by atoms with Crippen molar-refractivity contribution < 1.29 is 14.3 Å². The fourth-order valence-corrected chi connectivity index (χ4v) is 5.10. The first-order chi connectivity index (χ1) is 17.5. The maximum Gasteiger partial charge on any atom is 0.260 e. The number of carbonyl (C=O) groups is 1. The number of aromatic nitrogens is 3. The van der Waals surface area contributed by atoms with Crippen molar-refractivity contribution in [1.82, 2.24) is 14.8 Å². The Hall–Kier alpha value is -3.39. The molecule has 0 atom stereocenters. The van der Waals surface area contributed by atoms with Gasteiger partial charge in [0.15, 0.2) is 5.13 Å². The van der Waals surface area contributed by atoms with E-state index in [0.717, 1.165) is 46.6 Å². The van der Waals surface area contributed by atoms with Gasteiger partial charge in [-0.2, -0.15) is 5.10 Å². The van der Waals surface area contributed by atoms with Gasteiger partial charge in [-0.25, -0.2) is 4.98 Å². The topological polar surface area (TPSA) is 69.5 Å². The zero-order valence-electron chi connectivity index (χ0n) is 21.5. The van der Waals surface area contributed by atoms with Gasteiger partial charge in [-0.05, 0) is 63.6 Å². The Kier molecular flexibility index (Phi) is 8.59. The van der Waals surface area contributed by atoms with Gasteiger partial charge in [0.1, 0.15) is 17.0 Å². The normalized spacial score (nSPS) is 11.1. The average molecular weight is 507 g/mol. The van der Waals surface area contributed by atoms with E-state index in [1.165, 1.54) is 11.3 Å². The SMILES string of the molecule is CCCCCOc1cccc(C(=O)N(CCn2nc(C)cc2C)c2nc3c(OCC)cccc3s2)c1. The molecular weight excluding hydrogens is 472 g/mol. The van der Waals surface area contributed by atoms with Gasteiger partial charge < -0.3 is 9.47 Å². The van der Waals surface area contributed by atoms with Crippen LogP contribution in [-0.2, 0) is 6.54 Å². The number of ether oxygens (including phenoxy) is 2. The molecule has 0 saturated carbocycles. The Bertz CT molecular complexity index is 1310. The fourth-order valence-electron chi connectivity index (χ4n) is 4.10. The fraction of sp³-hybridized carbons (Fsp3) is 0.393. The van der Waals surface area contributed by atoms with Crippen LogP contribution in [0.3, 0.4) is 0 Å². The van der Waals surface area contributed by atoms with Crippen molar-refractivity contribution in [3.8, 4) is 11.5 Å². The monoisotopic (exact) mass is 506 g/mol. The second-order valence-electron chi connectivity index (χ2n) is 8.72. The maximum absolute atomic E-state index is 13.8. The van der Waals surface area contributed by atoms with Crippen molar-refractivity contribution in [2.45, 2.75) is 53.5 Å². The van der Waals surface area contributed by atoms with Gasteiger partial charge in [0.05, 0.1) is 30.2 Å². The van der Waals surface area contributed by atoms with Crippen LogP contribution in [0.5, 0.6) is 11.5 Å². The van der Waals surface area contributed by atoms with Crippen LogP contribution < -0.4 is 14.4 Å². The zero-order valence-corrected chi connectivity index (χ0v) is 22.3. The van der Waals surface area contributed by atoms with E-state index >= 15 is 0 Å². The number of amides is 1. The summed E-state index contributed by atoms with van der Waals surface area (Å²) in [4.78, 5) is 20.4. The molecule has 0 saturated heterocycles. The van der Waals surface area contributed by atoms with Crippen LogP contribution in [0.15, 0.2) is 48.5 Å². The number of carbonyl (C=O) groups excluding carboxylic acids is 1. The van der Waals surface area contributed by atoms with Crippen LogP contribution in [0.1, 0.15) is 54.9 Å². The molecule has 1 amide bonds. The summed E-state index contributed by atoms with van der Waals surface area (Å²) in [5.74, 6) is 1.32. The lowest BCUT2D eigenvalue weighted by atomic mass is 10.2. The molecule has 0 radical (unpaired) electrons. The predicted molar refractivity (Wildman–Crippen MR) is 146 cm³/mol. The third-order valence-corrected chi connectivity index (χ3v) is 6.93. The van der Waals surface area contributed by atoms with Gasteiger partial charge in [-0.1, -0.05) is 43.2 Å². The number of nitrogens with zero attached hydrogens (tertiary/aromatic N) is 4. The van der Waals surface area contributed by atoms with Crippen molar-refractivity contribution in [2.24, 2.45) is 0 Å². The van der Waals surface area contributed by atoms with E-state index in [9.17, 15) is 4.79 Å². The molecule has 4 aromatic rings. The molecule has 0 fully saturated rings. The van der Waals surface area contributed by atoms with Crippen LogP contribution >= 0.6 is 11.3 Å². The zero-order chi connectivity index (χ0) is 25.5. The molecule has 0 spiro atoms. The summed E-state index contributed by atoms with van der Waals surface area (Å²) in [5, 5.41) is 5.21. The molecule has 0 aliphatic carbocycles. The summed E-state index contributed by atoms with van der Waals surface area (Å²) in [6.45, 7) is 10.3. The molecule has 0 aliphatic rings. The van der Waals surface area contributed by atoms with Crippen molar-refractivity contribution in [2.75, 3.05) is 24.7 Å². The maximum atomic E-state index is 13.8. The number of benzene rings is 2. The number of aryl methyl sites for hydroxylation is 2. The highest BCUT2D eigenvalue weighted by Gasteiger charge is 2.23. The standard InChI is InChI=1S/C28H34N4O3S/c1-5-7-8-17-35-23-12-9-11-22(19-23)27(33)31(15-16-32-21(4)18-20(3)30-32)28-29-26-24(34-6-2)13-10-14-25(26)36-28/h9-14,18-19H,5-8,15-17H2,1-4H3. The minimum absolute atomic E-state index is 0.118. The highest BCUT2D eigenvalue weighted by molar-refractivity contribution is 7.22. The van der Waals surface area contributed by atoms with Gasteiger partial charge in [-0.3, -0.25) is 14.4 Å². The number of hydrogen-bond donors (Lipinski definition) is 0. The van der Waals surface area contributed by atoms with Crippen molar-refractivity contribution in [3.63, 3.8) is 0 Å². The minimum atomic E-state index is -0.118. The van der Waals surface area contributed by atoms with Crippen LogP contribution in [0.25, 0.3) is 10.2 Å². The van der Waals surface area contributed by atoms with Gasteiger partial charge in [-0.15, -0.1) is 0 Å². The largest absolute Gasteiger partial charge is 0.494 e. The lowest BCUT2D eigenvalue weighted by molar-refractivity contribution is 0.0985. The van der Waals surface area contributed by atoms with Gasteiger partial charge in [0.25, 0.3) is 5.91 Å². The smallest absolute Gasteiger partial charge is 0.260 e. The summed E-state index contributed by atoms with van der Waals surface area (Å²) < 4.78 is 14.6. The van der Waals surface area contributed by atoms with Gasteiger partial charge in [0, 0.05) is 17.8 Å². The Labute approximate surface area is 216 Å². The molecule has 0 bridgehead atoms. The second kappa shape index (κ2) is 12.0. The quantitative estimate of drug-likeness (QED) is 0.207.